The second kappa shape index (κ2) is 6.45. The summed E-state index contributed by atoms with van der Waals surface area (Å²) >= 11 is 1.40. The third-order valence-electron chi connectivity index (χ3n) is 3.70. The van der Waals surface area contributed by atoms with Crippen molar-refractivity contribution in [2.24, 2.45) is 5.10 Å². The first kappa shape index (κ1) is 16.6. The Bertz CT molecular complexity index is 990. The molecule has 0 unspecified atom stereocenters. The number of thioether (sulfide) groups is 1. The monoisotopic (exact) mass is 372 g/mol. The van der Waals surface area contributed by atoms with Crippen LogP contribution in [0.5, 0.6) is 0 Å². The van der Waals surface area contributed by atoms with Crippen molar-refractivity contribution in [2.45, 2.75) is 11.3 Å². The van der Waals surface area contributed by atoms with Gasteiger partial charge in [0, 0.05) is 10.5 Å². The van der Waals surface area contributed by atoms with E-state index in [1.807, 2.05) is 36.4 Å². The van der Waals surface area contributed by atoms with Crippen molar-refractivity contribution in [3.8, 4) is 11.4 Å². The minimum absolute atomic E-state index is 0.399. The Morgan fingerprint density at radius 1 is 0.923 bits per heavy atom. The summed E-state index contributed by atoms with van der Waals surface area (Å²) in [5.74, 6) is 0.399. The molecule has 1 aliphatic rings. The van der Waals surface area contributed by atoms with Crippen LogP contribution in [-0.2, 0) is 6.18 Å². The average Bonchev–Trinajstić information content (AvgIpc) is 3.05. The normalized spacial score (nSPS) is 15.3. The van der Waals surface area contributed by atoms with Crippen LogP contribution in [0.1, 0.15) is 11.1 Å². The molecule has 0 atom stereocenters. The Morgan fingerprint density at radius 3 is 2.35 bits per heavy atom. The molecule has 4 rings (SSSR count). The molecule has 26 heavy (non-hydrogen) atoms. The van der Waals surface area contributed by atoms with E-state index < -0.39 is 11.7 Å². The summed E-state index contributed by atoms with van der Waals surface area (Å²) in [5.41, 5.74) is 0.855. The number of benzene rings is 2. The van der Waals surface area contributed by atoms with Gasteiger partial charge >= 0.3 is 6.18 Å². The van der Waals surface area contributed by atoms with Crippen LogP contribution in [-0.4, -0.2) is 21.1 Å². The number of nitrogens with zero attached hydrogens (tertiary/aromatic N) is 4. The van der Waals surface area contributed by atoms with E-state index in [9.17, 15) is 13.2 Å². The minimum Gasteiger partial charge on any atom is -0.187 e. The van der Waals surface area contributed by atoms with Gasteiger partial charge < -0.3 is 0 Å². The number of rotatable bonds is 2. The Labute approximate surface area is 151 Å². The number of aromatic nitrogens is 3. The Kier molecular flexibility index (Phi) is 4.12. The van der Waals surface area contributed by atoms with E-state index in [0.29, 0.717) is 16.5 Å². The third-order valence-corrected chi connectivity index (χ3v) is 4.60. The first-order valence-electron chi connectivity index (χ1n) is 7.63. The highest BCUT2D eigenvalue weighted by Crippen LogP contribution is 2.34. The van der Waals surface area contributed by atoms with E-state index in [2.05, 4.69) is 15.3 Å². The van der Waals surface area contributed by atoms with Crippen molar-refractivity contribution in [3.05, 3.63) is 70.6 Å². The molecule has 1 aliphatic heterocycles. The fourth-order valence-corrected chi connectivity index (χ4v) is 3.26. The van der Waals surface area contributed by atoms with Crippen LogP contribution < -0.4 is 0 Å². The first-order chi connectivity index (χ1) is 12.5. The van der Waals surface area contributed by atoms with Gasteiger partial charge in [-0.05, 0) is 35.5 Å². The smallest absolute Gasteiger partial charge is 0.187 e. The molecule has 0 saturated heterocycles. The lowest BCUT2D eigenvalue weighted by Crippen LogP contribution is -2.05. The summed E-state index contributed by atoms with van der Waals surface area (Å²) in [5, 5.41) is 13.1. The standard InChI is InChI=1S/C18H11F3N4S/c19-18(20,21)14-8-6-13(7-9-14)16-23-24-17-25(16)22-11-15(26-17)10-12-4-2-1-3-5-12/h1-11H/b15-10+. The van der Waals surface area contributed by atoms with E-state index in [-0.39, 0.29) is 0 Å². The summed E-state index contributed by atoms with van der Waals surface area (Å²) in [4.78, 5) is 0.898. The van der Waals surface area contributed by atoms with E-state index in [0.717, 1.165) is 22.6 Å². The fraction of sp³-hybridized carbons (Fsp3) is 0.0556. The van der Waals surface area contributed by atoms with Crippen LogP contribution in [0, 0.1) is 0 Å². The van der Waals surface area contributed by atoms with E-state index in [1.54, 1.807) is 6.21 Å². The van der Waals surface area contributed by atoms with E-state index >= 15 is 0 Å². The number of alkyl halides is 3. The highest BCUT2D eigenvalue weighted by atomic mass is 32.2. The summed E-state index contributed by atoms with van der Waals surface area (Å²) in [7, 11) is 0. The molecule has 130 valence electrons. The van der Waals surface area contributed by atoms with Gasteiger partial charge in [0.15, 0.2) is 5.82 Å². The van der Waals surface area contributed by atoms with Gasteiger partial charge in [-0.15, -0.1) is 10.2 Å². The largest absolute Gasteiger partial charge is 0.416 e. The lowest BCUT2D eigenvalue weighted by Gasteiger charge is -2.10. The Morgan fingerprint density at radius 2 is 1.65 bits per heavy atom. The Hall–Kier alpha value is -2.87. The van der Waals surface area contributed by atoms with Gasteiger partial charge in [-0.1, -0.05) is 42.5 Å². The van der Waals surface area contributed by atoms with Crippen LogP contribution in [0.3, 0.4) is 0 Å². The predicted molar refractivity (Wildman–Crippen MR) is 94.6 cm³/mol. The number of allylic oxidation sites excluding steroid dienone is 1. The third kappa shape index (κ3) is 3.28. The van der Waals surface area contributed by atoms with Gasteiger partial charge in [-0.2, -0.15) is 22.9 Å². The molecule has 0 saturated carbocycles. The van der Waals surface area contributed by atoms with E-state index in [1.165, 1.54) is 28.6 Å². The van der Waals surface area contributed by atoms with Crippen LogP contribution >= 0.6 is 11.8 Å². The Balaban J connectivity index is 1.62. The van der Waals surface area contributed by atoms with Crippen LogP contribution in [0.4, 0.5) is 13.2 Å². The molecule has 0 aliphatic carbocycles. The summed E-state index contributed by atoms with van der Waals surface area (Å²) in [6.45, 7) is 0. The molecule has 0 fully saturated rings. The molecular formula is C18H11F3N4S. The second-order valence-electron chi connectivity index (χ2n) is 5.50. The van der Waals surface area contributed by atoms with Crippen molar-refractivity contribution in [1.82, 2.24) is 14.9 Å². The molecule has 8 heteroatoms. The first-order valence-corrected chi connectivity index (χ1v) is 8.44. The molecule has 0 N–H and O–H groups in total. The topological polar surface area (TPSA) is 43.1 Å². The quantitative estimate of drug-likeness (QED) is 0.640. The zero-order valence-electron chi connectivity index (χ0n) is 13.2. The highest BCUT2D eigenvalue weighted by molar-refractivity contribution is 8.04. The van der Waals surface area contributed by atoms with E-state index in [4.69, 9.17) is 0 Å². The lowest BCUT2D eigenvalue weighted by molar-refractivity contribution is -0.137. The van der Waals surface area contributed by atoms with Gasteiger partial charge in [-0.3, -0.25) is 0 Å². The van der Waals surface area contributed by atoms with Crippen LogP contribution in [0.2, 0.25) is 0 Å². The number of hydrogen-bond donors (Lipinski definition) is 0. The summed E-state index contributed by atoms with van der Waals surface area (Å²) < 4.78 is 39.6. The maximum Gasteiger partial charge on any atom is 0.416 e. The summed E-state index contributed by atoms with van der Waals surface area (Å²) in [6, 6.07) is 14.6. The maximum absolute atomic E-state index is 12.7. The molecule has 1 aromatic heterocycles. The van der Waals surface area contributed by atoms with Gasteiger partial charge in [0.05, 0.1) is 11.8 Å². The fourth-order valence-electron chi connectivity index (χ4n) is 2.45. The lowest BCUT2D eigenvalue weighted by atomic mass is 10.1. The van der Waals surface area contributed by atoms with Crippen LogP contribution in [0.25, 0.3) is 17.5 Å². The summed E-state index contributed by atoms with van der Waals surface area (Å²) in [6.07, 6.45) is -0.709. The molecule has 0 amide bonds. The molecule has 0 spiro atoms. The van der Waals surface area contributed by atoms with Gasteiger partial charge in [0.1, 0.15) is 0 Å². The van der Waals surface area contributed by atoms with Crippen molar-refractivity contribution < 1.29 is 13.2 Å². The average molecular weight is 372 g/mol. The van der Waals surface area contributed by atoms with Crippen molar-refractivity contribution >= 4 is 24.1 Å². The van der Waals surface area contributed by atoms with Gasteiger partial charge in [0.2, 0.25) is 5.16 Å². The minimum atomic E-state index is -4.37. The molecule has 3 aromatic rings. The highest BCUT2D eigenvalue weighted by Gasteiger charge is 2.30. The molecule has 2 heterocycles. The molecule has 2 aromatic carbocycles. The molecule has 0 bridgehead atoms. The second-order valence-corrected chi connectivity index (χ2v) is 6.54. The van der Waals surface area contributed by atoms with Crippen molar-refractivity contribution in [2.75, 3.05) is 0 Å². The number of hydrogen-bond acceptors (Lipinski definition) is 4. The van der Waals surface area contributed by atoms with Gasteiger partial charge in [-0.25, -0.2) is 0 Å². The van der Waals surface area contributed by atoms with Crippen molar-refractivity contribution in [1.29, 1.82) is 0 Å². The zero-order valence-corrected chi connectivity index (χ0v) is 14.0. The predicted octanol–water partition coefficient (Wildman–Crippen LogP) is 4.94. The molecule has 4 nitrogen and oxygen atoms in total. The van der Waals surface area contributed by atoms with Gasteiger partial charge in [0.25, 0.3) is 0 Å². The number of halogens is 3. The SMILES string of the molecule is FC(F)(F)c1ccc(-c2nnc3n2N=C/C(=C\c2ccccc2)S3)cc1. The number of fused-ring (bicyclic) bond motifs is 1. The molecule has 0 radical (unpaired) electrons. The van der Waals surface area contributed by atoms with Crippen molar-refractivity contribution in [3.63, 3.8) is 0 Å². The maximum atomic E-state index is 12.7. The van der Waals surface area contributed by atoms with Crippen LogP contribution in [0.15, 0.2) is 69.8 Å². The zero-order chi connectivity index (χ0) is 18.1. The molecular weight excluding hydrogens is 361 g/mol.